The van der Waals surface area contributed by atoms with E-state index in [1.54, 1.807) is 11.3 Å². The Hall–Kier alpha value is -1.06. The van der Waals surface area contributed by atoms with E-state index < -0.39 is 0 Å². The third-order valence-electron chi connectivity index (χ3n) is 3.95. The highest BCUT2D eigenvalue weighted by Crippen LogP contribution is 2.30. The minimum Gasteiger partial charge on any atom is -0.483 e. The molecule has 0 N–H and O–H groups in total. The summed E-state index contributed by atoms with van der Waals surface area (Å²) in [5.74, 6) is 1.43. The van der Waals surface area contributed by atoms with E-state index in [9.17, 15) is 0 Å². The lowest BCUT2D eigenvalue weighted by Gasteiger charge is -2.19. The average Bonchev–Trinajstić information content (AvgIpc) is 3.01. The first-order valence-electron chi connectivity index (χ1n) is 7.59. The maximum atomic E-state index is 6.18. The Kier molecular flexibility index (Phi) is 4.81. The van der Waals surface area contributed by atoms with Gasteiger partial charge in [0, 0.05) is 5.38 Å². The SMILES string of the molecule is CCC(Oc1ccc2c(c1)CCCC2)c1nc(CCl)cs1. The number of nitrogens with zero attached hydrogens (tertiary/aromatic N) is 1. The Bertz CT molecular complexity index is 611. The predicted octanol–water partition coefficient (Wildman–Crippen LogP) is 5.29. The number of halogens is 1. The number of aromatic nitrogens is 1. The second kappa shape index (κ2) is 6.80. The maximum Gasteiger partial charge on any atom is 0.150 e. The van der Waals surface area contributed by atoms with Gasteiger partial charge in [-0.25, -0.2) is 4.98 Å². The molecule has 2 aromatic rings. The molecule has 1 aliphatic carbocycles. The van der Waals surface area contributed by atoms with Crippen LogP contribution in [0.4, 0.5) is 0 Å². The Morgan fingerprint density at radius 1 is 1.29 bits per heavy atom. The fourth-order valence-corrected chi connectivity index (χ4v) is 3.95. The lowest BCUT2D eigenvalue weighted by Crippen LogP contribution is -2.08. The quantitative estimate of drug-likeness (QED) is 0.698. The first-order valence-corrected chi connectivity index (χ1v) is 9.00. The van der Waals surface area contributed by atoms with Gasteiger partial charge in [-0.1, -0.05) is 13.0 Å². The van der Waals surface area contributed by atoms with E-state index in [1.165, 1.54) is 36.8 Å². The van der Waals surface area contributed by atoms with Crippen LogP contribution in [0.2, 0.25) is 0 Å². The number of hydrogen-bond donors (Lipinski definition) is 0. The first-order chi connectivity index (χ1) is 10.3. The maximum absolute atomic E-state index is 6.18. The van der Waals surface area contributed by atoms with Crippen molar-refractivity contribution in [1.82, 2.24) is 4.98 Å². The topological polar surface area (TPSA) is 22.1 Å². The zero-order valence-corrected chi connectivity index (χ0v) is 13.8. The summed E-state index contributed by atoms with van der Waals surface area (Å²) in [6.07, 6.45) is 5.92. The molecule has 1 aromatic heterocycles. The number of thiazole rings is 1. The Labute approximate surface area is 135 Å². The molecule has 0 saturated carbocycles. The highest BCUT2D eigenvalue weighted by atomic mass is 35.5. The molecule has 21 heavy (non-hydrogen) atoms. The highest BCUT2D eigenvalue weighted by Gasteiger charge is 2.17. The van der Waals surface area contributed by atoms with Crippen LogP contribution in [0, 0.1) is 0 Å². The molecule has 1 unspecified atom stereocenters. The molecule has 3 rings (SSSR count). The molecule has 0 fully saturated rings. The van der Waals surface area contributed by atoms with Crippen LogP contribution in [0.15, 0.2) is 23.6 Å². The van der Waals surface area contributed by atoms with Crippen molar-refractivity contribution in [2.75, 3.05) is 0 Å². The molecular formula is C17H20ClNOS. The summed E-state index contributed by atoms with van der Waals surface area (Å²) in [5, 5.41) is 3.03. The molecule has 1 heterocycles. The van der Waals surface area contributed by atoms with Gasteiger partial charge in [-0.15, -0.1) is 22.9 Å². The van der Waals surface area contributed by atoms with Gasteiger partial charge in [-0.3, -0.25) is 0 Å². The van der Waals surface area contributed by atoms with E-state index >= 15 is 0 Å². The van der Waals surface area contributed by atoms with Gasteiger partial charge in [0.05, 0.1) is 11.6 Å². The van der Waals surface area contributed by atoms with Gasteiger partial charge < -0.3 is 4.74 Å². The Morgan fingerprint density at radius 2 is 2.10 bits per heavy atom. The summed E-state index contributed by atoms with van der Waals surface area (Å²) in [5.41, 5.74) is 3.87. The summed E-state index contributed by atoms with van der Waals surface area (Å²) in [6.45, 7) is 2.13. The Morgan fingerprint density at radius 3 is 2.81 bits per heavy atom. The zero-order valence-electron chi connectivity index (χ0n) is 12.3. The van der Waals surface area contributed by atoms with Gasteiger partial charge in [-0.05, 0) is 55.4 Å². The summed E-state index contributed by atoms with van der Waals surface area (Å²) in [4.78, 5) is 4.55. The highest BCUT2D eigenvalue weighted by molar-refractivity contribution is 7.09. The fraction of sp³-hybridized carbons (Fsp3) is 0.471. The molecule has 0 spiro atoms. The zero-order chi connectivity index (χ0) is 14.7. The van der Waals surface area contributed by atoms with E-state index in [0.29, 0.717) is 5.88 Å². The van der Waals surface area contributed by atoms with Gasteiger partial charge in [0.2, 0.25) is 0 Å². The third-order valence-corrected chi connectivity index (χ3v) is 5.21. The van der Waals surface area contributed by atoms with E-state index in [2.05, 4.69) is 30.1 Å². The smallest absolute Gasteiger partial charge is 0.150 e. The largest absolute Gasteiger partial charge is 0.483 e. The number of aryl methyl sites for hydroxylation is 2. The lowest BCUT2D eigenvalue weighted by molar-refractivity contribution is 0.200. The van der Waals surface area contributed by atoms with E-state index in [4.69, 9.17) is 16.3 Å². The average molecular weight is 322 g/mol. The number of ether oxygens (including phenoxy) is 1. The second-order valence-corrected chi connectivity index (χ2v) is 6.62. The minimum absolute atomic E-state index is 0.0219. The second-order valence-electron chi connectivity index (χ2n) is 5.46. The molecular weight excluding hydrogens is 302 g/mol. The number of alkyl halides is 1. The van der Waals surface area contributed by atoms with Crippen LogP contribution < -0.4 is 4.74 Å². The molecule has 1 atom stereocenters. The van der Waals surface area contributed by atoms with Crippen LogP contribution in [0.5, 0.6) is 5.75 Å². The van der Waals surface area contributed by atoms with Gasteiger partial charge >= 0.3 is 0 Å². The molecule has 112 valence electrons. The van der Waals surface area contributed by atoms with Crippen molar-refractivity contribution in [2.24, 2.45) is 0 Å². The fourth-order valence-electron chi connectivity index (χ4n) is 2.79. The van der Waals surface area contributed by atoms with E-state index in [-0.39, 0.29) is 6.10 Å². The number of benzene rings is 1. The van der Waals surface area contributed by atoms with E-state index in [0.717, 1.165) is 22.9 Å². The van der Waals surface area contributed by atoms with Crippen LogP contribution in [-0.2, 0) is 18.7 Å². The summed E-state index contributed by atoms with van der Waals surface area (Å²) in [6, 6.07) is 6.54. The molecule has 0 saturated heterocycles. The Balaban J connectivity index is 1.77. The predicted molar refractivity (Wildman–Crippen MR) is 88.4 cm³/mol. The lowest BCUT2D eigenvalue weighted by atomic mass is 9.92. The molecule has 0 radical (unpaired) electrons. The van der Waals surface area contributed by atoms with Crippen LogP contribution in [0.25, 0.3) is 0 Å². The first kappa shape index (κ1) is 14.9. The van der Waals surface area contributed by atoms with Crippen molar-refractivity contribution in [3.63, 3.8) is 0 Å². The van der Waals surface area contributed by atoms with Crippen molar-refractivity contribution in [1.29, 1.82) is 0 Å². The number of fused-ring (bicyclic) bond motifs is 1. The summed E-state index contributed by atoms with van der Waals surface area (Å²) in [7, 11) is 0. The van der Waals surface area contributed by atoms with Gasteiger partial charge in [0.15, 0.2) is 0 Å². The van der Waals surface area contributed by atoms with Gasteiger partial charge in [-0.2, -0.15) is 0 Å². The van der Waals surface area contributed by atoms with Crippen molar-refractivity contribution in [3.8, 4) is 5.75 Å². The normalized spacial score (nSPS) is 15.5. The summed E-state index contributed by atoms with van der Waals surface area (Å²) < 4.78 is 6.18. The monoisotopic (exact) mass is 321 g/mol. The number of rotatable bonds is 5. The van der Waals surface area contributed by atoms with Crippen molar-refractivity contribution < 1.29 is 4.74 Å². The molecule has 0 aliphatic heterocycles. The molecule has 0 bridgehead atoms. The van der Waals surface area contributed by atoms with Crippen molar-refractivity contribution >= 4 is 22.9 Å². The van der Waals surface area contributed by atoms with Crippen molar-refractivity contribution in [3.05, 3.63) is 45.4 Å². The van der Waals surface area contributed by atoms with Crippen molar-refractivity contribution in [2.45, 2.75) is 51.0 Å². The van der Waals surface area contributed by atoms with Gasteiger partial charge in [0.25, 0.3) is 0 Å². The van der Waals surface area contributed by atoms with E-state index in [1.807, 2.05) is 5.38 Å². The van der Waals surface area contributed by atoms with Crippen LogP contribution in [0.3, 0.4) is 0 Å². The third kappa shape index (κ3) is 3.41. The summed E-state index contributed by atoms with van der Waals surface area (Å²) >= 11 is 7.47. The minimum atomic E-state index is 0.0219. The van der Waals surface area contributed by atoms with Crippen LogP contribution in [-0.4, -0.2) is 4.98 Å². The standard InChI is InChI=1S/C17H20ClNOS/c1-2-16(17-19-14(10-18)11-21-17)20-15-8-7-12-5-3-4-6-13(12)9-15/h7-9,11,16H,2-6,10H2,1H3. The van der Waals surface area contributed by atoms with Gasteiger partial charge in [0.1, 0.15) is 16.9 Å². The van der Waals surface area contributed by atoms with Crippen LogP contribution >= 0.6 is 22.9 Å². The number of hydrogen-bond acceptors (Lipinski definition) is 3. The molecule has 0 amide bonds. The molecule has 2 nitrogen and oxygen atoms in total. The van der Waals surface area contributed by atoms with Crippen LogP contribution in [0.1, 0.15) is 54.1 Å². The molecule has 1 aromatic carbocycles. The molecule has 1 aliphatic rings. The molecule has 4 heteroatoms.